The lowest BCUT2D eigenvalue weighted by Crippen LogP contribution is -2.16. The Labute approximate surface area is 115 Å². The zero-order chi connectivity index (χ0) is 13.1. The molecule has 0 bridgehead atoms. The minimum absolute atomic E-state index is 0.342. The monoisotopic (exact) mass is 260 g/mol. The van der Waals surface area contributed by atoms with Gasteiger partial charge in [-0.1, -0.05) is 43.9 Å². The highest BCUT2D eigenvalue weighted by Gasteiger charge is 2.26. The molecule has 104 valence electrons. The highest BCUT2D eigenvalue weighted by molar-refractivity contribution is 5.44. The summed E-state index contributed by atoms with van der Waals surface area (Å²) in [5, 5.41) is 10.7. The van der Waals surface area contributed by atoms with Crippen LogP contribution in [0.5, 0.6) is 5.75 Å². The third-order valence-corrected chi connectivity index (χ3v) is 4.63. The summed E-state index contributed by atoms with van der Waals surface area (Å²) in [6, 6.07) is 6.26. The van der Waals surface area contributed by atoms with Crippen LogP contribution in [0.25, 0.3) is 0 Å². The van der Waals surface area contributed by atoms with Gasteiger partial charge in [0.1, 0.15) is 5.75 Å². The molecule has 1 unspecified atom stereocenters. The first-order chi connectivity index (χ1) is 9.36. The van der Waals surface area contributed by atoms with Crippen molar-refractivity contribution in [1.29, 1.82) is 0 Å². The number of ether oxygens (including phenoxy) is 1. The number of para-hydroxylation sites is 1. The Morgan fingerprint density at radius 1 is 1.05 bits per heavy atom. The molecular weight excluding hydrogens is 236 g/mol. The topological polar surface area (TPSA) is 29.5 Å². The molecule has 19 heavy (non-hydrogen) atoms. The molecule has 1 atom stereocenters. The van der Waals surface area contributed by atoms with Crippen molar-refractivity contribution in [2.75, 3.05) is 6.61 Å². The fraction of sp³-hybridized carbons (Fsp3) is 0.647. The van der Waals surface area contributed by atoms with E-state index in [0.29, 0.717) is 5.92 Å². The molecule has 2 aliphatic rings. The molecule has 1 saturated carbocycles. The summed E-state index contributed by atoms with van der Waals surface area (Å²) in [6.45, 7) is 0.793. The third kappa shape index (κ3) is 2.79. The number of aliphatic hydroxyl groups excluding tert-OH is 1. The molecule has 1 N–H and O–H groups in total. The van der Waals surface area contributed by atoms with Crippen LogP contribution in [0.1, 0.15) is 62.2 Å². The second-order valence-corrected chi connectivity index (χ2v) is 5.98. The van der Waals surface area contributed by atoms with Crippen LogP contribution in [0.2, 0.25) is 0 Å². The predicted molar refractivity (Wildman–Crippen MR) is 76.4 cm³/mol. The van der Waals surface area contributed by atoms with E-state index in [2.05, 4.69) is 18.2 Å². The van der Waals surface area contributed by atoms with Crippen LogP contribution in [-0.2, 0) is 6.42 Å². The quantitative estimate of drug-likeness (QED) is 0.814. The maximum absolute atomic E-state index is 10.7. The number of hydrogen-bond donors (Lipinski definition) is 1. The predicted octanol–water partition coefficient (Wildman–Crippen LogP) is 4.02. The first-order valence-corrected chi connectivity index (χ1v) is 7.79. The molecule has 1 aliphatic heterocycles. The number of rotatable bonds is 2. The van der Waals surface area contributed by atoms with Gasteiger partial charge in [-0.15, -0.1) is 0 Å². The zero-order valence-electron chi connectivity index (χ0n) is 11.6. The lowest BCUT2D eigenvalue weighted by atomic mass is 9.87. The fourth-order valence-electron chi connectivity index (χ4n) is 3.53. The van der Waals surface area contributed by atoms with E-state index >= 15 is 0 Å². The van der Waals surface area contributed by atoms with Gasteiger partial charge in [0.05, 0.1) is 12.7 Å². The number of fused-ring (bicyclic) bond motifs is 1. The van der Waals surface area contributed by atoms with E-state index in [9.17, 15) is 5.11 Å². The molecule has 0 spiro atoms. The molecule has 1 heterocycles. The van der Waals surface area contributed by atoms with Crippen LogP contribution in [0.4, 0.5) is 0 Å². The van der Waals surface area contributed by atoms with Crippen LogP contribution in [0, 0.1) is 5.92 Å². The summed E-state index contributed by atoms with van der Waals surface area (Å²) in [5.41, 5.74) is 2.31. The molecule has 0 aromatic heterocycles. The average Bonchev–Trinajstić information content (AvgIpc) is 2.75. The van der Waals surface area contributed by atoms with E-state index in [0.717, 1.165) is 43.6 Å². The smallest absolute Gasteiger partial charge is 0.128 e. The Morgan fingerprint density at radius 2 is 1.84 bits per heavy atom. The van der Waals surface area contributed by atoms with Crippen molar-refractivity contribution >= 4 is 0 Å². The van der Waals surface area contributed by atoms with Crippen LogP contribution in [0.3, 0.4) is 0 Å². The van der Waals surface area contributed by atoms with E-state index < -0.39 is 0 Å². The number of benzene rings is 1. The number of aliphatic hydroxyl groups is 1. The van der Waals surface area contributed by atoms with E-state index in [1.807, 2.05) is 0 Å². The summed E-state index contributed by atoms with van der Waals surface area (Å²) in [7, 11) is 0. The summed E-state index contributed by atoms with van der Waals surface area (Å²) in [5.74, 6) is 1.39. The SMILES string of the molecule is OC(c1cccc2c1OCCC2)C1CCCCCC1. The normalized spacial score (nSPS) is 22.2. The summed E-state index contributed by atoms with van der Waals surface area (Å²) >= 11 is 0. The van der Waals surface area contributed by atoms with Crippen LogP contribution < -0.4 is 4.74 Å². The molecule has 1 fully saturated rings. The van der Waals surface area contributed by atoms with E-state index in [-0.39, 0.29) is 6.10 Å². The van der Waals surface area contributed by atoms with Crippen molar-refractivity contribution in [3.05, 3.63) is 29.3 Å². The average molecular weight is 260 g/mol. The molecule has 2 nitrogen and oxygen atoms in total. The molecule has 1 aliphatic carbocycles. The van der Waals surface area contributed by atoms with Crippen molar-refractivity contribution in [3.63, 3.8) is 0 Å². The Hall–Kier alpha value is -1.02. The van der Waals surface area contributed by atoms with Crippen LogP contribution >= 0.6 is 0 Å². The minimum atomic E-state index is -0.342. The zero-order valence-corrected chi connectivity index (χ0v) is 11.6. The lowest BCUT2D eigenvalue weighted by Gasteiger charge is -2.27. The van der Waals surface area contributed by atoms with Crippen molar-refractivity contribution in [2.24, 2.45) is 5.92 Å². The molecule has 1 aromatic rings. The van der Waals surface area contributed by atoms with Gasteiger partial charge in [-0.25, -0.2) is 0 Å². The summed E-state index contributed by atoms with van der Waals surface area (Å²) < 4.78 is 5.84. The molecule has 1 aromatic carbocycles. The van der Waals surface area contributed by atoms with Gasteiger partial charge in [-0.05, 0) is 37.2 Å². The van der Waals surface area contributed by atoms with Gasteiger partial charge in [0.25, 0.3) is 0 Å². The van der Waals surface area contributed by atoms with Crippen molar-refractivity contribution in [2.45, 2.75) is 57.5 Å². The second kappa shape index (κ2) is 5.96. The third-order valence-electron chi connectivity index (χ3n) is 4.63. The second-order valence-electron chi connectivity index (χ2n) is 5.98. The van der Waals surface area contributed by atoms with Gasteiger partial charge >= 0.3 is 0 Å². The maximum atomic E-state index is 10.7. The standard InChI is InChI=1S/C17H24O2/c18-16(13-7-3-1-2-4-8-13)15-11-5-9-14-10-6-12-19-17(14)15/h5,9,11,13,16,18H,1-4,6-8,10,12H2. The Balaban J connectivity index is 1.84. The minimum Gasteiger partial charge on any atom is -0.493 e. The first kappa shape index (κ1) is 13.0. The molecule has 0 radical (unpaired) electrons. The van der Waals surface area contributed by atoms with Gasteiger partial charge in [0.2, 0.25) is 0 Å². The van der Waals surface area contributed by atoms with Crippen LogP contribution in [0.15, 0.2) is 18.2 Å². The van der Waals surface area contributed by atoms with Crippen molar-refractivity contribution < 1.29 is 9.84 Å². The molecule has 0 saturated heterocycles. The van der Waals surface area contributed by atoms with Gasteiger partial charge in [-0.2, -0.15) is 0 Å². The van der Waals surface area contributed by atoms with Gasteiger partial charge < -0.3 is 9.84 Å². The maximum Gasteiger partial charge on any atom is 0.128 e. The van der Waals surface area contributed by atoms with Crippen molar-refractivity contribution in [1.82, 2.24) is 0 Å². The summed E-state index contributed by atoms with van der Waals surface area (Å²) in [6.07, 6.45) is 9.33. The van der Waals surface area contributed by atoms with Gasteiger partial charge in [0.15, 0.2) is 0 Å². The van der Waals surface area contributed by atoms with Gasteiger partial charge in [0, 0.05) is 5.56 Å². The van der Waals surface area contributed by atoms with Crippen molar-refractivity contribution in [3.8, 4) is 5.75 Å². The summed E-state index contributed by atoms with van der Waals surface area (Å²) in [4.78, 5) is 0. The largest absolute Gasteiger partial charge is 0.493 e. The number of hydrogen-bond acceptors (Lipinski definition) is 2. The Bertz CT molecular complexity index is 419. The van der Waals surface area contributed by atoms with Crippen LogP contribution in [-0.4, -0.2) is 11.7 Å². The van der Waals surface area contributed by atoms with E-state index in [1.165, 1.54) is 31.2 Å². The van der Waals surface area contributed by atoms with Gasteiger partial charge in [-0.3, -0.25) is 0 Å². The Morgan fingerprint density at radius 3 is 2.63 bits per heavy atom. The highest BCUT2D eigenvalue weighted by Crippen LogP contribution is 2.39. The molecular formula is C17H24O2. The van der Waals surface area contributed by atoms with E-state index in [4.69, 9.17) is 4.74 Å². The lowest BCUT2D eigenvalue weighted by molar-refractivity contribution is 0.0943. The molecule has 3 rings (SSSR count). The fourth-order valence-corrected chi connectivity index (χ4v) is 3.53. The van der Waals surface area contributed by atoms with E-state index in [1.54, 1.807) is 0 Å². The highest BCUT2D eigenvalue weighted by atomic mass is 16.5. The molecule has 0 amide bonds. The number of aryl methyl sites for hydroxylation is 1. The first-order valence-electron chi connectivity index (χ1n) is 7.79. The molecule has 2 heteroatoms. The Kier molecular flexibility index (Phi) is 4.07.